The Labute approximate surface area is 369 Å². The van der Waals surface area contributed by atoms with Gasteiger partial charge in [0.05, 0.1) is 72.2 Å². The van der Waals surface area contributed by atoms with Crippen LogP contribution in [0.1, 0.15) is 94.8 Å². The molecule has 4 amide bonds. The van der Waals surface area contributed by atoms with Gasteiger partial charge in [0.2, 0.25) is 11.8 Å². The molecule has 2 rings (SSSR count). The average Bonchev–Trinajstić information content (AvgIpc) is 2.98. The third kappa shape index (κ3) is 11.5. The van der Waals surface area contributed by atoms with Crippen molar-refractivity contribution in [2.75, 3.05) is 23.8 Å². The molecular formula is C30H32I6N4O10. The van der Waals surface area contributed by atoms with E-state index in [0.29, 0.717) is 7.14 Å². The van der Waals surface area contributed by atoms with Crippen molar-refractivity contribution in [3.63, 3.8) is 0 Å². The first-order chi connectivity index (χ1) is 23.0. The van der Waals surface area contributed by atoms with Crippen molar-refractivity contribution in [1.29, 1.82) is 0 Å². The van der Waals surface area contributed by atoms with Gasteiger partial charge in [-0.05, 0) is 176 Å². The zero-order valence-electron chi connectivity index (χ0n) is 26.7. The number of nitrogens with one attached hydrogen (secondary N) is 4. The highest BCUT2D eigenvalue weighted by Crippen LogP contribution is 2.37. The van der Waals surface area contributed by atoms with Gasteiger partial charge in [-0.2, -0.15) is 0 Å². The van der Waals surface area contributed by atoms with E-state index in [-0.39, 0.29) is 86.8 Å². The lowest BCUT2D eigenvalue weighted by atomic mass is 10.0. The number of hydrogen-bond acceptors (Lipinski definition) is 8. The van der Waals surface area contributed by atoms with E-state index in [0.717, 1.165) is 0 Å². The summed E-state index contributed by atoms with van der Waals surface area (Å²) >= 11 is 10.9. The number of carboxylic acid groups (broad SMARTS) is 2. The first kappa shape index (κ1) is 45.7. The lowest BCUT2D eigenvalue weighted by Crippen LogP contribution is -2.46. The highest BCUT2D eigenvalue weighted by Gasteiger charge is 2.32. The van der Waals surface area contributed by atoms with Gasteiger partial charge in [0.25, 0.3) is 11.8 Å². The first-order valence-corrected chi connectivity index (χ1v) is 20.8. The van der Waals surface area contributed by atoms with Crippen molar-refractivity contribution < 1.29 is 49.2 Å². The van der Waals surface area contributed by atoms with E-state index in [1.54, 1.807) is 118 Å². The Hall–Kier alpha value is -0.440. The fourth-order valence-corrected chi connectivity index (χ4v) is 12.9. The molecule has 0 aliphatic carbocycles. The minimum absolute atomic E-state index is 0.0420. The van der Waals surface area contributed by atoms with Crippen LogP contribution in [0, 0.1) is 21.4 Å². The number of benzene rings is 2. The monoisotopic (exact) mass is 1370 g/mol. The minimum Gasteiger partial charge on any atom is -0.478 e. The molecule has 8 N–H and O–H groups in total. The SMILES string of the molecule is CC(C)(CO)NC(=O)c1c(I)c(NC(=O)CCCCC(=O)Nc2c(I)c(C(=O)O)c(I)c(C(=O)NC(C)(C)CO)c2I)c(I)c(C(=O)O)c1I. The molecule has 0 aliphatic rings. The largest absolute Gasteiger partial charge is 0.478 e. The molecule has 0 fully saturated rings. The quantitative estimate of drug-likeness (QED) is 0.0784. The van der Waals surface area contributed by atoms with Crippen molar-refractivity contribution in [3.8, 4) is 0 Å². The highest BCUT2D eigenvalue weighted by molar-refractivity contribution is 14.1. The Kier molecular flexibility index (Phi) is 17.6. The molecule has 2 aromatic rings. The maximum atomic E-state index is 13.2. The second-order valence-corrected chi connectivity index (χ2v) is 18.5. The van der Waals surface area contributed by atoms with Crippen molar-refractivity contribution >= 4 is 182 Å². The van der Waals surface area contributed by atoms with E-state index < -0.39 is 46.6 Å². The molecule has 0 atom stereocenters. The molecule has 0 bridgehead atoms. The minimum atomic E-state index is -1.29. The summed E-state index contributed by atoms with van der Waals surface area (Å²) in [4.78, 5) is 76.7. The summed E-state index contributed by atoms with van der Waals surface area (Å²) in [6.07, 6.45) is 0.427. The number of amides is 4. The lowest BCUT2D eigenvalue weighted by molar-refractivity contribution is -0.118. The van der Waals surface area contributed by atoms with Gasteiger partial charge in [-0.1, -0.05) is 0 Å². The average molecular weight is 1370 g/mol. The molecule has 0 saturated carbocycles. The van der Waals surface area contributed by atoms with Crippen LogP contribution in [0.4, 0.5) is 11.4 Å². The number of unbranched alkanes of at least 4 members (excludes halogenated alkanes) is 1. The Balaban J connectivity index is 2.23. The first-order valence-electron chi connectivity index (χ1n) is 14.4. The molecule has 20 heteroatoms. The number of halogens is 6. The van der Waals surface area contributed by atoms with Gasteiger partial charge in [0, 0.05) is 20.0 Å². The maximum Gasteiger partial charge on any atom is 0.337 e. The van der Waals surface area contributed by atoms with E-state index in [1.165, 1.54) is 0 Å². The van der Waals surface area contributed by atoms with Crippen LogP contribution in [0.25, 0.3) is 0 Å². The smallest absolute Gasteiger partial charge is 0.337 e. The molecule has 0 unspecified atom stereocenters. The Bertz CT molecular complexity index is 1620. The van der Waals surface area contributed by atoms with Crippen molar-refractivity contribution in [2.24, 2.45) is 0 Å². The van der Waals surface area contributed by atoms with Gasteiger partial charge in [-0.25, -0.2) is 9.59 Å². The lowest BCUT2D eigenvalue weighted by Gasteiger charge is -2.25. The van der Waals surface area contributed by atoms with E-state index in [4.69, 9.17) is 0 Å². The van der Waals surface area contributed by atoms with Gasteiger partial charge in [0.15, 0.2) is 0 Å². The number of aliphatic hydroxyl groups is 2. The summed E-state index contributed by atoms with van der Waals surface area (Å²) in [6, 6.07) is 0. The third-order valence-corrected chi connectivity index (χ3v) is 13.3. The summed E-state index contributed by atoms with van der Waals surface area (Å²) in [7, 11) is 0. The fraction of sp³-hybridized carbons (Fsp3) is 0.400. The van der Waals surface area contributed by atoms with E-state index in [2.05, 4.69) is 21.3 Å². The van der Waals surface area contributed by atoms with E-state index >= 15 is 0 Å². The van der Waals surface area contributed by atoms with Crippen molar-refractivity contribution in [3.05, 3.63) is 43.7 Å². The molecule has 0 radical (unpaired) electrons. The second kappa shape index (κ2) is 19.2. The third-order valence-electron chi connectivity index (χ3n) is 6.80. The number of carbonyl (C=O) groups excluding carboxylic acids is 4. The molecule has 0 aliphatic heterocycles. The highest BCUT2D eigenvalue weighted by atomic mass is 127. The number of aromatic carboxylic acids is 2. The van der Waals surface area contributed by atoms with Gasteiger partial charge in [-0.3, -0.25) is 19.2 Å². The van der Waals surface area contributed by atoms with Crippen LogP contribution in [-0.4, -0.2) is 80.3 Å². The van der Waals surface area contributed by atoms with Crippen LogP contribution in [0.15, 0.2) is 0 Å². The summed E-state index contributed by atoms with van der Waals surface area (Å²) in [5.41, 5.74) is -1.91. The standard InChI is InChI=1S/C30H32I6N4O10/c1-29(2,9-41)39-25(45)13-17(31)15(27(47)48)21(35)23(19(13)33)37-11(43)7-5-6-8-12(44)38-24-20(34)14(26(46)40-30(3,4)10-42)18(32)16(22(24)36)28(49)50/h41-42H,5-10H2,1-4H3,(H,37,43)(H,38,44)(H,39,45)(H,40,46)(H,47,48)(H,49,50). The van der Waals surface area contributed by atoms with Gasteiger partial charge in [-0.15, -0.1) is 0 Å². The molecule has 2 aromatic carbocycles. The van der Waals surface area contributed by atoms with E-state index in [1.807, 2.05) is 45.2 Å². The second-order valence-electron chi connectivity index (χ2n) is 12.0. The van der Waals surface area contributed by atoms with E-state index in [9.17, 15) is 49.2 Å². The number of hydrogen-bond donors (Lipinski definition) is 8. The number of anilines is 2. The Morgan fingerprint density at radius 1 is 0.520 bits per heavy atom. The fourth-order valence-electron chi connectivity index (χ4n) is 4.12. The summed E-state index contributed by atoms with van der Waals surface area (Å²) in [5, 5.41) is 49.8. The molecular weight excluding hydrogens is 1340 g/mol. The topological polar surface area (TPSA) is 231 Å². The number of carboxylic acids is 2. The molecule has 0 spiro atoms. The molecule has 0 aromatic heterocycles. The summed E-state index contributed by atoms with van der Waals surface area (Å²) in [6.45, 7) is 5.68. The zero-order chi connectivity index (χ0) is 38.5. The number of rotatable bonds is 15. The normalized spacial score (nSPS) is 11.5. The van der Waals surface area contributed by atoms with Crippen LogP contribution in [0.2, 0.25) is 0 Å². The molecule has 274 valence electrons. The zero-order valence-corrected chi connectivity index (χ0v) is 39.7. The van der Waals surface area contributed by atoms with Crippen LogP contribution in [0.3, 0.4) is 0 Å². The molecule has 50 heavy (non-hydrogen) atoms. The molecule has 14 nitrogen and oxygen atoms in total. The van der Waals surface area contributed by atoms with Crippen molar-refractivity contribution in [2.45, 2.75) is 64.5 Å². The maximum absolute atomic E-state index is 13.2. The number of carbonyl (C=O) groups is 6. The van der Waals surface area contributed by atoms with Crippen LogP contribution in [0.5, 0.6) is 0 Å². The Morgan fingerprint density at radius 3 is 1.06 bits per heavy atom. The predicted molar refractivity (Wildman–Crippen MR) is 236 cm³/mol. The van der Waals surface area contributed by atoms with Gasteiger partial charge >= 0.3 is 11.9 Å². The summed E-state index contributed by atoms with van der Waals surface area (Å²) < 4.78 is 1.43. The molecule has 0 saturated heterocycles. The van der Waals surface area contributed by atoms with Gasteiger partial charge < -0.3 is 41.7 Å². The molecule has 0 heterocycles. The van der Waals surface area contributed by atoms with Gasteiger partial charge in [0.1, 0.15) is 0 Å². The Morgan fingerprint density at radius 2 is 0.800 bits per heavy atom. The van der Waals surface area contributed by atoms with Crippen LogP contribution >= 0.6 is 136 Å². The summed E-state index contributed by atoms with van der Waals surface area (Å²) in [5.74, 6) is -4.77. The predicted octanol–water partition coefficient (Wildman–Crippen LogP) is 5.85. The number of aliphatic hydroxyl groups excluding tert-OH is 2. The van der Waals surface area contributed by atoms with Crippen LogP contribution < -0.4 is 21.3 Å². The van der Waals surface area contributed by atoms with Crippen LogP contribution in [-0.2, 0) is 9.59 Å². The van der Waals surface area contributed by atoms with Crippen molar-refractivity contribution in [1.82, 2.24) is 10.6 Å².